The van der Waals surface area contributed by atoms with Gasteiger partial charge in [0.25, 0.3) is 0 Å². The minimum Gasteiger partial charge on any atom is -0.368 e. The topological polar surface area (TPSA) is 58.4 Å². The third-order valence-electron chi connectivity index (χ3n) is 5.41. The fourth-order valence-electron chi connectivity index (χ4n) is 3.51. The number of nitrogens with two attached hydrogens (primary N) is 1. The van der Waals surface area contributed by atoms with E-state index in [1.807, 2.05) is 0 Å². The van der Waals surface area contributed by atoms with Gasteiger partial charge in [-0.3, -0.25) is 10.1 Å². The molecule has 20 heavy (non-hydrogen) atoms. The second kappa shape index (κ2) is 5.64. The van der Waals surface area contributed by atoms with E-state index in [2.05, 4.69) is 17.1 Å². The Hall–Kier alpha value is -0.610. The van der Waals surface area contributed by atoms with Gasteiger partial charge in [0.05, 0.1) is 0 Å². The van der Waals surface area contributed by atoms with Crippen molar-refractivity contribution in [2.75, 3.05) is 19.6 Å². The van der Waals surface area contributed by atoms with Gasteiger partial charge in [-0.25, -0.2) is 0 Å². The Bertz CT molecular complexity index is 361. The van der Waals surface area contributed by atoms with Gasteiger partial charge in [0.2, 0.25) is 5.91 Å². The van der Waals surface area contributed by atoms with Gasteiger partial charge < -0.3 is 10.6 Å². The molecule has 3 N–H and O–H groups in total. The summed E-state index contributed by atoms with van der Waals surface area (Å²) in [5.41, 5.74) is 5.38. The van der Waals surface area contributed by atoms with Gasteiger partial charge in [-0.05, 0) is 56.9 Å². The first-order valence-corrected chi connectivity index (χ1v) is 8.44. The first kappa shape index (κ1) is 14.3. The summed E-state index contributed by atoms with van der Waals surface area (Å²) in [4.78, 5) is 14.7. The minimum atomic E-state index is -0.457. The molecule has 0 aliphatic heterocycles. The number of carbonyl (C=O) groups is 1. The zero-order valence-corrected chi connectivity index (χ0v) is 12.7. The molecular formula is C16H29N3O. The lowest BCUT2D eigenvalue weighted by atomic mass is 9.84. The normalized spacial score (nSPS) is 26.3. The largest absolute Gasteiger partial charge is 0.368 e. The average Bonchev–Trinajstić information content (AvgIpc) is 3.23. The second-order valence-electron chi connectivity index (χ2n) is 7.15. The van der Waals surface area contributed by atoms with Crippen LogP contribution in [0, 0.1) is 11.8 Å². The van der Waals surface area contributed by atoms with Gasteiger partial charge in [0, 0.05) is 19.1 Å². The van der Waals surface area contributed by atoms with Crippen molar-refractivity contribution in [1.29, 1.82) is 0 Å². The predicted molar refractivity (Wildman–Crippen MR) is 80.3 cm³/mol. The van der Waals surface area contributed by atoms with Gasteiger partial charge in [-0.15, -0.1) is 0 Å². The monoisotopic (exact) mass is 279 g/mol. The molecule has 114 valence electrons. The molecule has 3 fully saturated rings. The number of nitrogens with zero attached hydrogens (tertiary/aromatic N) is 1. The number of carbonyl (C=O) groups excluding carboxylic acids is 1. The van der Waals surface area contributed by atoms with Crippen molar-refractivity contribution in [3.8, 4) is 0 Å². The lowest BCUT2D eigenvalue weighted by Gasteiger charge is -2.39. The van der Waals surface area contributed by atoms with E-state index in [-0.39, 0.29) is 5.91 Å². The molecule has 3 rings (SSSR count). The van der Waals surface area contributed by atoms with E-state index in [0.29, 0.717) is 12.0 Å². The van der Waals surface area contributed by atoms with Gasteiger partial charge >= 0.3 is 0 Å². The third kappa shape index (κ3) is 3.01. The van der Waals surface area contributed by atoms with Crippen LogP contribution < -0.4 is 11.1 Å². The second-order valence-corrected chi connectivity index (χ2v) is 7.15. The molecular weight excluding hydrogens is 250 g/mol. The number of hydrogen-bond acceptors (Lipinski definition) is 3. The molecule has 4 nitrogen and oxygen atoms in total. The van der Waals surface area contributed by atoms with E-state index in [4.69, 9.17) is 5.73 Å². The van der Waals surface area contributed by atoms with Crippen LogP contribution in [0.5, 0.6) is 0 Å². The highest BCUT2D eigenvalue weighted by molar-refractivity contribution is 5.86. The Balaban J connectivity index is 1.67. The summed E-state index contributed by atoms with van der Waals surface area (Å²) in [7, 11) is 0. The Morgan fingerprint density at radius 2 is 1.95 bits per heavy atom. The smallest absolute Gasteiger partial charge is 0.239 e. The summed E-state index contributed by atoms with van der Waals surface area (Å²) >= 11 is 0. The van der Waals surface area contributed by atoms with Crippen molar-refractivity contribution in [1.82, 2.24) is 10.2 Å². The number of likely N-dealkylation sites (N-methyl/N-ethyl adjacent to an activating group) is 1. The van der Waals surface area contributed by atoms with Crippen LogP contribution in [0.25, 0.3) is 0 Å². The van der Waals surface area contributed by atoms with Gasteiger partial charge in [-0.1, -0.05) is 13.3 Å². The van der Waals surface area contributed by atoms with E-state index >= 15 is 0 Å². The van der Waals surface area contributed by atoms with Crippen molar-refractivity contribution in [2.24, 2.45) is 17.6 Å². The molecule has 0 heterocycles. The summed E-state index contributed by atoms with van der Waals surface area (Å²) in [6.07, 6.45) is 8.82. The number of hydrogen-bond donors (Lipinski definition) is 2. The van der Waals surface area contributed by atoms with Crippen LogP contribution in [0.2, 0.25) is 0 Å². The molecule has 3 aliphatic carbocycles. The van der Waals surface area contributed by atoms with Crippen LogP contribution in [0.4, 0.5) is 0 Å². The molecule has 0 saturated heterocycles. The molecule has 0 aromatic rings. The Kier molecular flexibility index (Phi) is 4.04. The highest BCUT2D eigenvalue weighted by Crippen LogP contribution is 2.42. The lowest BCUT2D eigenvalue weighted by Crippen LogP contribution is -2.64. The molecule has 0 radical (unpaired) electrons. The van der Waals surface area contributed by atoms with E-state index in [1.54, 1.807) is 0 Å². The number of amides is 1. The van der Waals surface area contributed by atoms with Crippen molar-refractivity contribution < 1.29 is 4.79 Å². The van der Waals surface area contributed by atoms with Gasteiger partial charge in [0.15, 0.2) is 0 Å². The van der Waals surface area contributed by atoms with Crippen LogP contribution in [-0.2, 0) is 4.79 Å². The number of nitrogens with one attached hydrogen (secondary N) is 1. The van der Waals surface area contributed by atoms with E-state index in [1.165, 1.54) is 32.1 Å². The van der Waals surface area contributed by atoms with Crippen molar-refractivity contribution in [3.05, 3.63) is 0 Å². The maximum absolute atomic E-state index is 12.2. The quantitative estimate of drug-likeness (QED) is 0.672. The van der Waals surface area contributed by atoms with E-state index < -0.39 is 5.54 Å². The molecule has 0 spiro atoms. The SMILES string of the molecule is CCN(CC1CCC1)CC(NC1CC1)(C(N)=O)C1CC1. The molecule has 3 saturated carbocycles. The van der Waals surface area contributed by atoms with Crippen molar-refractivity contribution in [2.45, 2.75) is 63.5 Å². The summed E-state index contributed by atoms with van der Waals surface area (Å²) in [5.74, 6) is 1.19. The maximum atomic E-state index is 12.2. The maximum Gasteiger partial charge on any atom is 0.239 e. The Labute approximate surface area is 122 Å². The highest BCUT2D eigenvalue weighted by Gasteiger charge is 2.52. The Morgan fingerprint density at radius 1 is 1.25 bits per heavy atom. The Morgan fingerprint density at radius 3 is 2.35 bits per heavy atom. The number of primary amides is 1. The molecule has 0 aromatic carbocycles. The predicted octanol–water partition coefficient (Wildman–Crippen LogP) is 1.49. The van der Waals surface area contributed by atoms with Gasteiger partial charge in [0.1, 0.15) is 5.54 Å². The van der Waals surface area contributed by atoms with Crippen LogP contribution in [0.15, 0.2) is 0 Å². The fourth-order valence-corrected chi connectivity index (χ4v) is 3.51. The standard InChI is InChI=1S/C16H29N3O/c1-2-19(10-12-4-3-5-12)11-16(15(17)20,13-6-7-13)18-14-8-9-14/h12-14,18H,2-11H2,1H3,(H2,17,20). The summed E-state index contributed by atoms with van der Waals surface area (Å²) < 4.78 is 0. The van der Waals surface area contributed by atoms with E-state index in [9.17, 15) is 4.79 Å². The highest BCUT2D eigenvalue weighted by atomic mass is 16.1. The molecule has 1 atom stereocenters. The zero-order valence-electron chi connectivity index (χ0n) is 12.7. The van der Waals surface area contributed by atoms with E-state index in [0.717, 1.165) is 38.4 Å². The van der Waals surface area contributed by atoms with Crippen LogP contribution in [0.1, 0.15) is 51.9 Å². The first-order valence-electron chi connectivity index (χ1n) is 8.44. The fraction of sp³-hybridized carbons (Fsp3) is 0.938. The third-order valence-corrected chi connectivity index (χ3v) is 5.41. The zero-order chi connectivity index (χ0) is 14.2. The molecule has 1 amide bonds. The lowest BCUT2D eigenvalue weighted by molar-refractivity contribution is -0.126. The van der Waals surface area contributed by atoms with Crippen LogP contribution >= 0.6 is 0 Å². The molecule has 0 aromatic heterocycles. The molecule has 4 heteroatoms. The minimum absolute atomic E-state index is 0.126. The van der Waals surface area contributed by atoms with Gasteiger partial charge in [-0.2, -0.15) is 0 Å². The average molecular weight is 279 g/mol. The summed E-state index contributed by atoms with van der Waals surface area (Å²) in [6, 6.07) is 0.533. The van der Waals surface area contributed by atoms with Crippen molar-refractivity contribution >= 4 is 5.91 Å². The van der Waals surface area contributed by atoms with Crippen molar-refractivity contribution in [3.63, 3.8) is 0 Å². The molecule has 3 aliphatic rings. The first-order chi connectivity index (χ1) is 9.64. The molecule has 1 unspecified atom stereocenters. The van der Waals surface area contributed by atoms with Crippen LogP contribution in [0.3, 0.4) is 0 Å². The number of rotatable bonds is 9. The molecule has 0 bridgehead atoms. The summed E-state index contributed by atoms with van der Waals surface area (Å²) in [6.45, 7) is 5.18. The van der Waals surface area contributed by atoms with Crippen LogP contribution in [-0.4, -0.2) is 42.0 Å². The summed E-state index contributed by atoms with van der Waals surface area (Å²) in [5, 5.41) is 3.62.